The summed E-state index contributed by atoms with van der Waals surface area (Å²) in [5, 5.41) is 12.4. The first-order chi connectivity index (χ1) is 10.4. The molecule has 8 nitrogen and oxygen atoms in total. The third-order valence-corrected chi connectivity index (χ3v) is 2.62. The van der Waals surface area contributed by atoms with E-state index in [0.717, 1.165) is 5.82 Å². The highest BCUT2D eigenvalue weighted by molar-refractivity contribution is 5.86. The second kappa shape index (κ2) is 11.3. The summed E-state index contributed by atoms with van der Waals surface area (Å²) in [4.78, 5) is 38.5. The van der Waals surface area contributed by atoms with Gasteiger partial charge < -0.3 is 20.7 Å². The summed E-state index contributed by atoms with van der Waals surface area (Å²) >= 11 is 0. The molecule has 22 heavy (non-hydrogen) atoms. The van der Waals surface area contributed by atoms with Crippen molar-refractivity contribution >= 4 is 18.3 Å². The summed E-state index contributed by atoms with van der Waals surface area (Å²) in [6.07, 6.45) is 4.70. The zero-order valence-corrected chi connectivity index (χ0v) is 13.1. The van der Waals surface area contributed by atoms with Crippen molar-refractivity contribution in [1.82, 2.24) is 20.6 Å². The molecule has 0 fully saturated rings. The number of imidazole rings is 1. The van der Waals surface area contributed by atoms with Crippen LogP contribution in [-0.4, -0.2) is 45.9 Å². The first kappa shape index (κ1) is 19.6. The summed E-state index contributed by atoms with van der Waals surface area (Å²) in [5.41, 5.74) is 0. The van der Waals surface area contributed by atoms with Crippen molar-refractivity contribution in [1.29, 1.82) is 0 Å². The van der Waals surface area contributed by atoms with Crippen LogP contribution in [0.25, 0.3) is 0 Å². The van der Waals surface area contributed by atoms with Gasteiger partial charge in [0.1, 0.15) is 11.9 Å². The molecule has 0 aliphatic rings. The molecule has 1 aromatic rings. The van der Waals surface area contributed by atoms with Crippen molar-refractivity contribution in [3.05, 3.63) is 18.2 Å². The van der Waals surface area contributed by atoms with Crippen LogP contribution in [0.4, 0.5) is 0 Å². The summed E-state index contributed by atoms with van der Waals surface area (Å²) in [6.45, 7) is 5.71. The average Bonchev–Trinajstić information content (AvgIpc) is 2.91. The zero-order valence-electron chi connectivity index (χ0n) is 13.1. The van der Waals surface area contributed by atoms with Crippen molar-refractivity contribution in [3.8, 4) is 0 Å². The number of carboxylic acid groups (broad SMARTS) is 1. The molecule has 0 bridgehead atoms. The van der Waals surface area contributed by atoms with Gasteiger partial charge in [0.25, 0.3) is 6.47 Å². The van der Waals surface area contributed by atoms with E-state index in [4.69, 9.17) is 9.90 Å². The van der Waals surface area contributed by atoms with Gasteiger partial charge in [0, 0.05) is 32.3 Å². The van der Waals surface area contributed by atoms with Crippen molar-refractivity contribution in [2.75, 3.05) is 6.54 Å². The Morgan fingerprint density at radius 2 is 2.09 bits per heavy atom. The van der Waals surface area contributed by atoms with Gasteiger partial charge >= 0.3 is 0 Å². The third kappa shape index (κ3) is 9.51. The van der Waals surface area contributed by atoms with Crippen LogP contribution in [0.15, 0.2) is 12.4 Å². The fourth-order valence-corrected chi connectivity index (χ4v) is 1.81. The lowest BCUT2D eigenvalue weighted by atomic mass is 10.0. The lowest BCUT2D eigenvalue weighted by Gasteiger charge is -2.19. The van der Waals surface area contributed by atoms with Gasteiger partial charge in [-0.25, -0.2) is 4.98 Å². The molecule has 1 aromatic heterocycles. The number of hydrogen-bond donors (Lipinski definition) is 4. The number of hydrogen-bond acceptors (Lipinski definition) is 4. The molecule has 0 saturated heterocycles. The standard InChI is InChI=1S/C13H22N4O2.CH2O2/c1-9(2)8-11(17-10(3)18)13(19)16-5-4-12-14-6-7-15-12;2-1-3/h6-7,9,11H,4-5,8H2,1-3H3,(H,14,15)(H,16,19)(H,17,18);1H,(H,2,3)/t11-;/m0./s1. The van der Waals surface area contributed by atoms with E-state index >= 15 is 0 Å². The number of H-pyrrole nitrogens is 1. The number of carbonyl (C=O) groups excluding carboxylic acids is 2. The Balaban J connectivity index is 0.00000135. The molecule has 8 heteroatoms. The first-order valence-corrected chi connectivity index (χ1v) is 7.01. The second-order valence-electron chi connectivity index (χ2n) is 5.06. The Labute approximate surface area is 129 Å². The topological polar surface area (TPSA) is 124 Å². The SMILES string of the molecule is CC(=O)N[C@@H](CC(C)C)C(=O)NCCc1ncc[nH]1.O=CO. The van der Waals surface area contributed by atoms with E-state index < -0.39 is 6.04 Å². The number of aromatic amines is 1. The van der Waals surface area contributed by atoms with E-state index in [1.807, 2.05) is 13.8 Å². The fourth-order valence-electron chi connectivity index (χ4n) is 1.81. The summed E-state index contributed by atoms with van der Waals surface area (Å²) < 4.78 is 0. The first-order valence-electron chi connectivity index (χ1n) is 7.01. The van der Waals surface area contributed by atoms with Gasteiger partial charge in [-0.1, -0.05) is 13.8 Å². The molecule has 2 amide bonds. The van der Waals surface area contributed by atoms with Crippen LogP contribution in [0.5, 0.6) is 0 Å². The summed E-state index contributed by atoms with van der Waals surface area (Å²) in [5.74, 6) is 0.843. The quantitative estimate of drug-likeness (QED) is 0.540. The largest absolute Gasteiger partial charge is 0.483 e. The van der Waals surface area contributed by atoms with Crippen molar-refractivity contribution < 1.29 is 19.5 Å². The lowest BCUT2D eigenvalue weighted by Crippen LogP contribution is -2.47. The second-order valence-corrected chi connectivity index (χ2v) is 5.06. The van der Waals surface area contributed by atoms with Crippen LogP contribution >= 0.6 is 0 Å². The predicted molar refractivity (Wildman–Crippen MR) is 81.1 cm³/mol. The van der Waals surface area contributed by atoms with E-state index in [0.29, 0.717) is 25.3 Å². The zero-order chi connectivity index (χ0) is 17.0. The Hall–Kier alpha value is -2.38. The van der Waals surface area contributed by atoms with Crippen molar-refractivity contribution in [2.45, 2.75) is 39.7 Å². The van der Waals surface area contributed by atoms with E-state index in [2.05, 4.69) is 20.6 Å². The summed E-state index contributed by atoms with van der Waals surface area (Å²) in [6, 6.07) is -0.464. The molecular formula is C14H24N4O4. The lowest BCUT2D eigenvalue weighted by molar-refractivity contribution is -0.128. The average molecular weight is 312 g/mol. The number of nitrogens with one attached hydrogen (secondary N) is 3. The van der Waals surface area contributed by atoms with Gasteiger partial charge in [-0.3, -0.25) is 14.4 Å². The molecule has 124 valence electrons. The maximum atomic E-state index is 12.0. The number of nitrogens with zero attached hydrogens (tertiary/aromatic N) is 1. The van der Waals surface area contributed by atoms with Crippen LogP contribution in [0, 0.1) is 5.92 Å². The highest BCUT2D eigenvalue weighted by Gasteiger charge is 2.20. The number of carbonyl (C=O) groups is 3. The molecule has 1 heterocycles. The highest BCUT2D eigenvalue weighted by Crippen LogP contribution is 2.05. The van der Waals surface area contributed by atoms with Gasteiger partial charge in [-0.15, -0.1) is 0 Å². The van der Waals surface area contributed by atoms with Crippen LogP contribution in [0.3, 0.4) is 0 Å². The molecule has 0 aliphatic heterocycles. The van der Waals surface area contributed by atoms with E-state index in [-0.39, 0.29) is 18.3 Å². The predicted octanol–water partition coefficient (Wildman–Crippen LogP) is 0.320. The molecule has 4 N–H and O–H groups in total. The molecule has 0 radical (unpaired) electrons. The van der Waals surface area contributed by atoms with E-state index in [9.17, 15) is 9.59 Å². The Bertz CT molecular complexity index is 446. The van der Waals surface area contributed by atoms with Gasteiger partial charge in [0.05, 0.1) is 0 Å². The molecular weight excluding hydrogens is 288 g/mol. The van der Waals surface area contributed by atoms with Gasteiger partial charge in [-0.2, -0.15) is 0 Å². The molecule has 0 spiro atoms. The van der Waals surface area contributed by atoms with E-state index in [1.165, 1.54) is 6.92 Å². The van der Waals surface area contributed by atoms with Crippen LogP contribution in [0.2, 0.25) is 0 Å². The Morgan fingerprint density at radius 3 is 2.55 bits per heavy atom. The monoisotopic (exact) mass is 312 g/mol. The fraction of sp³-hybridized carbons (Fsp3) is 0.571. The number of amides is 2. The molecule has 0 unspecified atom stereocenters. The maximum absolute atomic E-state index is 12.0. The van der Waals surface area contributed by atoms with Crippen molar-refractivity contribution in [3.63, 3.8) is 0 Å². The smallest absolute Gasteiger partial charge is 0.290 e. The summed E-state index contributed by atoms with van der Waals surface area (Å²) in [7, 11) is 0. The van der Waals surface area contributed by atoms with Crippen LogP contribution < -0.4 is 10.6 Å². The minimum atomic E-state index is -0.464. The van der Waals surface area contributed by atoms with Crippen molar-refractivity contribution in [2.24, 2.45) is 5.92 Å². The minimum absolute atomic E-state index is 0.143. The van der Waals surface area contributed by atoms with Gasteiger partial charge in [0.15, 0.2) is 0 Å². The molecule has 1 atom stereocenters. The van der Waals surface area contributed by atoms with E-state index in [1.54, 1.807) is 12.4 Å². The van der Waals surface area contributed by atoms with Crippen LogP contribution in [0.1, 0.15) is 33.0 Å². The van der Waals surface area contributed by atoms with Gasteiger partial charge in [-0.05, 0) is 12.3 Å². The number of rotatable bonds is 7. The maximum Gasteiger partial charge on any atom is 0.290 e. The Kier molecular flexibility index (Phi) is 10.1. The molecule has 0 saturated carbocycles. The highest BCUT2D eigenvalue weighted by atomic mass is 16.3. The minimum Gasteiger partial charge on any atom is -0.483 e. The molecule has 1 rings (SSSR count). The third-order valence-electron chi connectivity index (χ3n) is 2.62. The molecule has 0 aromatic carbocycles. The number of aromatic nitrogens is 2. The molecule has 0 aliphatic carbocycles. The van der Waals surface area contributed by atoms with Crippen LogP contribution in [-0.2, 0) is 20.8 Å². The van der Waals surface area contributed by atoms with Gasteiger partial charge in [0.2, 0.25) is 11.8 Å². The normalized spacial score (nSPS) is 11.1. The Morgan fingerprint density at radius 1 is 1.45 bits per heavy atom.